The molecule has 1 fully saturated rings. The zero-order valence-corrected chi connectivity index (χ0v) is 16.0. The van der Waals surface area contributed by atoms with Crippen LogP contribution in [0.3, 0.4) is 0 Å². The fourth-order valence-electron chi connectivity index (χ4n) is 5.52. The summed E-state index contributed by atoms with van der Waals surface area (Å²) in [5.41, 5.74) is 4.22. The van der Waals surface area contributed by atoms with Crippen LogP contribution in [0.4, 0.5) is 0 Å². The third kappa shape index (κ3) is 2.33. The molecular formula is C22H23N3O3. The second-order valence-electron chi connectivity index (χ2n) is 7.97. The number of nitrogens with one attached hydrogen (secondary N) is 1. The van der Waals surface area contributed by atoms with Crippen LogP contribution in [0.25, 0.3) is 10.9 Å². The van der Waals surface area contributed by atoms with Gasteiger partial charge in [-0.15, -0.1) is 0 Å². The number of benzene rings is 1. The number of nitriles is 1. The largest absolute Gasteiger partial charge is 0.497 e. The molecule has 6 heteroatoms. The number of para-hydroxylation sites is 1. The summed E-state index contributed by atoms with van der Waals surface area (Å²) in [6.07, 6.45) is 3.13. The third-order valence-electron chi connectivity index (χ3n) is 6.77. The SMILES string of the molecule is COC(=O)C1=CO[C@@H](C)C2C1CC1c3[nH]c4ccccc4c3CCN1[C@@H]2C#N. The molecule has 0 aliphatic carbocycles. The Morgan fingerprint density at radius 2 is 2.21 bits per heavy atom. The number of esters is 1. The van der Waals surface area contributed by atoms with Gasteiger partial charge in [0.25, 0.3) is 0 Å². The molecule has 0 amide bonds. The van der Waals surface area contributed by atoms with E-state index in [-0.39, 0.29) is 36.0 Å². The summed E-state index contributed by atoms with van der Waals surface area (Å²) in [5, 5.41) is 11.3. The molecule has 1 aromatic carbocycles. The first kappa shape index (κ1) is 17.3. The molecule has 0 bridgehead atoms. The van der Waals surface area contributed by atoms with E-state index >= 15 is 0 Å². The number of piperidine rings is 1. The minimum atomic E-state index is -0.361. The first-order valence-electron chi connectivity index (χ1n) is 9.82. The molecule has 4 heterocycles. The van der Waals surface area contributed by atoms with Gasteiger partial charge >= 0.3 is 5.97 Å². The summed E-state index contributed by atoms with van der Waals surface area (Å²) in [6.45, 7) is 2.83. The summed E-state index contributed by atoms with van der Waals surface area (Å²) < 4.78 is 10.8. The third-order valence-corrected chi connectivity index (χ3v) is 6.77. The average Bonchev–Trinajstić information content (AvgIpc) is 3.11. The van der Waals surface area contributed by atoms with Crippen molar-refractivity contribution in [3.63, 3.8) is 0 Å². The van der Waals surface area contributed by atoms with Crippen molar-refractivity contribution >= 4 is 16.9 Å². The molecule has 144 valence electrons. The van der Waals surface area contributed by atoms with Crippen LogP contribution in [-0.2, 0) is 20.7 Å². The van der Waals surface area contributed by atoms with E-state index in [1.165, 1.54) is 23.8 Å². The number of rotatable bonds is 1. The number of aromatic amines is 1. The second kappa shape index (κ2) is 6.39. The van der Waals surface area contributed by atoms with Gasteiger partial charge in [0, 0.05) is 35.0 Å². The minimum Gasteiger partial charge on any atom is -0.497 e. The topological polar surface area (TPSA) is 78.3 Å². The van der Waals surface area contributed by atoms with Crippen LogP contribution in [0.5, 0.6) is 0 Å². The molecule has 3 aliphatic heterocycles. The minimum absolute atomic E-state index is 0.0497. The van der Waals surface area contributed by atoms with Crippen molar-refractivity contribution in [3.05, 3.63) is 47.4 Å². The van der Waals surface area contributed by atoms with Crippen LogP contribution in [0.1, 0.15) is 30.6 Å². The molecule has 5 atom stereocenters. The van der Waals surface area contributed by atoms with Crippen LogP contribution in [0, 0.1) is 23.2 Å². The van der Waals surface area contributed by atoms with Crippen molar-refractivity contribution in [3.8, 4) is 6.07 Å². The van der Waals surface area contributed by atoms with Crippen LogP contribution < -0.4 is 0 Å². The lowest BCUT2D eigenvalue weighted by Crippen LogP contribution is -2.57. The highest BCUT2D eigenvalue weighted by molar-refractivity contribution is 5.89. The molecule has 2 aromatic rings. The summed E-state index contributed by atoms with van der Waals surface area (Å²) in [4.78, 5) is 18.3. The Morgan fingerprint density at radius 3 is 3.00 bits per heavy atom. The molecule has 1 aromatic heterocycles. The first-order valence-corrected chi connectivity index (χ1v) is 9.82. The van der Waals surface area contributed by atoms with Crippen LogP contribution in [0.2, 0.25) is 0 Å². The highest BCUT2D eigenvalue weighted by Crippen LogP contribution is 2.50. The molecule has 0 spiro atoms. The number of H-pyrrole nitrogens is 1. The summed E-state index contributed by atoms with van der Waals surface area (Å²) in [6, 6.07) is 10.7. The van der Waals surface area contributed by atoms with Gasteiger partial charge in [-0.2, -0.15) is 5.26 Å². The Balaban J connectivity index is 1.62. The lowest BCUT2D eigenvalue weighted by Gasteiger charge is -2.51. The van der Waals surface area contributed by atoms with Gasteiger partial charge in [-0.25, -0.2) is 4.79 Å². The Bertz CT molecular complexity index is 1020. The van der Waals surface area contributed by atoms with E-state index in [1.807, 2.05) is 13.0 Å². The lowest BCUT2D eigenvalue weighted by molar-refractivity contribution is -0.139. The first-order chi connectivity index (χ1) is 13.6. The van der Waals surface area contributed by atoms with E-state index in [0.717, 1.165) is 24.9 Å². The van der Waals surface area contributed by atoms with E-state index in [4.69, 9.17) is 9.47 Å². The fraction of sp³-hybridized carbons (Fsp3) is 0.455. The van der Waals surface area contributed by atoms with E-state index in [9.17, 15) is 10.1 Å². The van der Waals surface area contributed by atoms with E-state index in [2.05, 4.69) is 34.2 Å². The predicted octanol–water partition coefficient (Wildman–Crippen LogP) is 3.07. The molecule has 1 saturated heterocycles. The Morgan fingerprint density at radius 1 is 1.39 bits per heavy atom. The molecule has 28 heavy (non-hydrogen) atoms. The van der Waals surface area contributed by atoms with Gasteiger partial charge in [-0.05, 0) is 31.4 Å². The maximum Gasteiger partial charge on any atom is 0.337 e. The fourth-order valence-corrected chi connectivity index (χ4v) is 5.52. The number of nitrogens with zero attached hydrogens (tertiary/aromatic N) is 2. The average molecular weight is 377 g/mol. The molecule has 0 radical (unpaired) electrons. The molecule has 3 unspecified atom stereocenters. The highest BCUT2D eigenvalue weighted by atomic mass is 16.5. The number of aromatic nitrogens is 1. The van der Waals surface area contributed by atoms with Gasteiger partial charge in [0.1, 0.15) is 12.1 Å². The Hall–Kier alpha value is -2.78. The number of carbonyl (C=O) groups is 1. The van der Waals surface area contributed by atoms with Crippen molar-refractivity contribution < 1.29 is 14.3 Å². The van der Waals surface area contributed by atoms with E-state index in [1.54, 1.807) is 6.26 Å². The van der Waals surface area contributed by atoms with Gasteiger partial charge < -0.3 is 14.5 Å². The zero-order valence-electron chi connectivity index (χ0n) is 16.0. The Kier molecular flexibility index (Phi) is 3.95. The lowest BCUT2D eigenvalue weighted by atomic mass is 9.68. The number of hydrogen-bond donors (Lipinski definition) is 1. The molecule has 3 aliphatic rings. The molecule has 1 N–H and O–H groups in total. The highest BCUT2D eigenvalue weighted by Gasteiger charge is 2.52. The predicted molar refractivity (Wildman–Crippen MR) is 103 cm³/mol. The van der Waals surface area contributed by atoms with Crippen molar-refractivity contribution in [1.29, 1.82) is 5.26 Å². The Labute approximate surface area is 163 Å². The van der Waals surface area contributed by atoms with Crippen molar-refractivity contribution in [2.24, 2.45) is 11.8 Å². The normalized spacial score (nSPS) is 31.6. The summed E-state index contributed by atoms with van der Waals surface area (Å²) in [7, 11) is 1.39. The maximum atomic E-state index is 12.4. The van der Waals surface area contributed by atoms with Crippen molar-refractivity contribution in [2.75, 3.05) is 13.7 Å². The van der Waals surface area contributed by atoms with Gasteiger partial charge in [0.15, 0.2) is 0 Å². The van der Waals surface area contributed by atoms with Gasteiger partial charge in [0.05, 0.1) is 31.1 Å². The number of fused-ring (bicyclic) bond motifs is 6. The van der Waals surface area contributed by atoms with E-state index < -0.39 is 0 Å². The maximum absolute atomic E-state index is 12.4. The van der Waals surface area contributed by atoms with E-state index in [0.29, 0.717) is 5.57 Å². The monoisotopic (exact) mass is 377 g/mol. The molecule has 6 nitrogen and oxygen atoms in total. The standard InChI is InChI=1S/C22H23N3O3/c1-12-20-15(16(11-28-12)22(26)27-2)9-18-21-14(7-8-25(18)19(20)10-23)13-5-3-4-6-17(13)24-21/h3-6,11-12,15,18-20,24H,7-9H2,1-2H3/t12-,15?,18?,19+,20?/m0/s1. The van der Waals surface area contributed by atoms with Gasteiger partial charge in [0.2, 0.25) is 0 Å². The summed E-state index contributed by atoms with van der Waals surface area (Å²) in [5.74, 6) is -0.467. The summed E-state index contributed by atoms with van der Waals surface area (Å²) >= 11 is 0. The number of hydrogen-bond acceptors (Lipinski definition) is 5. The van der Waals surface area contributed by atoms with Crippen LogP contribution in [0.15, 0.2) is 36.1 Å². The van der Waals surface area contributed by atoms with Crippen LogP contribution in [-0.4, -0.2) is 41.7 Å². The van der Waals surface area contributed by atoms with Crippen LogP contribution >= 0.6 is 0 Å². The quantitative estimate of drug-likeness (QED) is 0.773. The van der Waals surface area contributed by atoms with Crippen molar-refractivity contribution in [2.45, 2.75) is 38.0 Å². The molecular weight excluding hydrogens is 354 g/mol. The number of methoxy groups -OCH3 is 1. The number of carbonyl (C=O) groups excluding carboxylic acids is 1. The second-order valence-corrected chi connectivity index (χ2v) is 7.97. The number of ether oxygens (including phenoxy) is 2. The smallest absolute Gasteiger partial charge is 0.337 e. The van der Waals surface area contributed by atoms with Crippen molar-refractivity contribution in [1.82, 2.24) is 9.88 Å². The molecule has 0 saturated carbocycles. The zero-order chi connectivity index (χ0) is 19.4. The molecule has 5 rings (SSSR count). The van der Waals surface area contributed by atoms with Gasteiger partial charge in [-0.3, -0.25) is 4.90 Å². The van der Waals surface area contributed by atoms with Gasteiger partial charge in [-0.1, -0.05) is 18.2 Å².